The molecule has 0 atom stereocenters. The molecule has 0 aromatic carbocycles. The number of aliphatic imine (C=N–C) groups is 1. The zero-order valence-electron chi connectivity index (χ0n) is 12.7. The Bertz CT molecular complexity index is 622. The van der Waals surface area contributed by atoms with Crippen LogP contribution in [0.2, 0.25) is 0 Å². The van der Waals surface area contributed by atoms with Crippen molar-refractivity contribution in [2.45, 2.75) is 0 Å². The Morgan fingerprint density at radius 3 is 2.22 bits per heavy atom. The van der Waals surface area contributed by atoms with E-state index in [1.807, 2.05) is 0 Å². The zero-order chi connectivity index (χ0) is 15.6. The Balaban J connectivity index is 1.67. The molecule has 0 unspecified atom stereocenters. The highest BCUT2D eigenvalue weighted by atomic mass is 32.2. The molecular weight excluding hydrogens is 336 g/mol. The third-order valence-electron chi connectivity index (χ3n) is 3.94. The van der Waals surface area contributed by atoms with Gasteiger partial charge in [0.25, 0.3) is 5.91 Å². The third-order valence-corrected chi connectivity index (χ3v) is 6.14. The van der Waals surface area contributed by atoms with Gasteiger partial charge in [0, 0.05) is 26.2 Å². The summed E-state index contributed by atoms with van der Waals surface area (Å²) in [6.07, 6.45) is 0. The second-order valence-corrected chi connectivity index (χ2v) is 7.39. The maximum Gasteiger partial charge on any atom is 0.257 e. The minimum Gasteiger partial charge on any atom is -0.378 e. The van der Waals surface area contributed by atoms with Crippen molar-refractivity contribution in [3.05, 3.63) is 4.88 Å². The van der Waals surface area contributed by atoms with Crippen LogP contribution in [0.15, 0.2) is 4.99 Å². The Kier molecular flexibility index (Phi) is 4.52. The first-order valence-corrected chi connectivity index (χ1v) is 9.52. The topological polar surface area (TPSA) is 67.3 Å². The number of amides is 1. The number of thioether (sulfide) groups is 1. The lowest BCUT2D eigenvalue weighted by Gasteiger charge is -2.28. The minimum atomic E-state index is -0.0562. The Labute approximate surface area is 142 Å². The van der Waals surface area contributed by atoms with Crippen LogP contribution < -0.4 is 9.80 Å². The smallest absolute Gasteiger partial charge is 0.257 e. The van der Waals surface area contributed by atoms with Crippen molar-refractivity contribution in [3.8, 4) is 0 Å². The molecule has 0 N–H and O–H groups in total. The molecule has 1 aromatic heterocycles. The van der Waals surface area contributed by atoms with Crippen molar-refractivity contribution < 1.29 is 14.3 Å². The molecule has 3 aliphatic heterocycles. The predicted octanol–water partition coefficient (Wildman–Crippen LogP) is 0.836. The van der Waals surface area contributed by atoms with Crippen molar-refractivity contribution in [2.24, 2.45) is 4.99 Å². The van der Waals surface area contributed by atoms with Crippen LogP contribution in [-0.2, 0) is 14.3 Å². The van der Waals surface area contributed by atoms with E-state index in [9.17, 15) is 4.79 Å². The van der Waals surface area contributed by atoms with E-state index in [1.54, 1.807) is 11.3 Å². The SMILES string of the molecule is O=C1CSC(c2sc(N3CCOCC3)nc2N2CCOCC2)=N1. The minimum absolute atomic E-state index is 0.0562. The number of anilines is 2. The first-order valence-electron chi connectivity index (χ1n) is 7.72. The third kappa shape index (κ3) is 3.23. The summed E-state index contributed by atoms with van der Waals surface area (Å²) in [6, 6.07) is 0. The molecule has 4 rings (SSSR count). The van der Waals surface area contributed by atoms with E-state index in [4.69, 9.17) is 14.5 Å². The van der Waals surface area contributed by atoms with Gasteiger partial charge in [-0.15, -0.1) is 0 Å². The van der Waals surface area contributed by atoms with Crippen LogP contribution in [0, 0.1) is 0 Å². The molecule has 0 bridgehead atoms. The average molecular weight is 354 g/mol. The van der Waals surface area contributed by atoms with Crippen molar-refractivity contribution in [1.29, 1.82) is 0 Å². The number of nitrogens with zero attached hydrogens (tertiary/aromatic N) is 4. The van der Waals surface area contributed by atoms with Crippen LogP contribution in [0.4, 0.5) is 10.9 Å². The summed E-state index contributed by atoms with van der Waals surface area (Å²) >= 11 is 3.14. The number of carbonyl (C=O) groups is 1. The van der Waals surface area contributed by atoms with Crippen LogP contribution in [0.5, 0.6) is 0 Å². The van der Waals surface area contributed by atoms with E-state index in [-0.39, 0.29) is 5.91 Å². The summed E-state index contributed by atoms with van der Waals surface area (Å²) in [5.41, 5.74) is 0. The van der Waals surface area contributed by atoms with Crippen LogP contribution in [-0.4, -0.2) is 74.3 Å². The second kappa shape index (κ2) is 6.76. The largest absolute Gasteiger partial charge is 0.378 e. The van der Waals surface area contributed by atoms with Gasteiger partial charge < -0.3 is 19.3 Å². The van der Waals surface area contributed by atoms with Crippen LogP contribution in [0.1, 0.15) is 4.88 Å². The Morgan fingerprint density at radius 1 is 0.957 bits per heavy atom. The van der Waals surface area contributed by atoms with Crippen LogP contribution in [0.3, 0.4) is 0 Å². The van der Waals surface area contributed by atoms with Crippen molar-refractivity contribution in [2.75, 3.05) is 68.2 Å². The molecule has 9 heteroatoms. The first-order chi connectivity index (χ1) is 11.3. The zero-order valence-corrected chi connectivity index (χ0v) is 14.3. The summed E-state index contributed by atoms with van der Waals surface area (Å²) in [5.74, 6) is 1.32. The molecule has 0 aliphatic carbocycles. The fraction of sp³-hybridized carbons (Fsp3) is 0.643. The highest BCUT2D eigenvalue weighted by Gasteiger charge is 2.28. The Morgan fingerprint density at radius 2 is 1.61 bits per heavy atom. The molecule has 0 spiro atoms. The van der Waals surface area contributed by atoms with Crippen LogP contribution in [0.25, 0.3) is 0 Å². The molecular formula is C14H18N4O3S2. The van der Waals surface area contributed by atoms with Gasteiger partial charge in [-0.05, 0) is 0 Å². The molecule has 2 saturated heterocycles. The maximum atomic E-state index is 11.5. The number of rotatable bonds is 3. The summed E-state index contributed by atoms with van der Waals surface area (Å²) in [4.78, 5) is 26.1. The fourth-order valence-corrected chi connectivity index (χ4v) is 4.78. The van der Waals surface area contributed by atoms with Gasteiger partial charge in [0.1, 0.15) is 9.92 Å². The lowest BCUT2D eigenvalue weighted by atomic mass is 10.4. The van der Waals surface area contributed by atoms with Gasteiger partial charge in [0.05, 0.1) is 32.2 Å². The average Bonchev–Trinajstić information content (AvgIpc) is 3.23. The van der Waals surface area contributed by atoms with Gasteiger partial charge in [-0.3, -0.25) is 4.79 Å². The number of morpholine rings is 2. The molecule has 124 valence electrons. The normalized spacial score (nSPS) is 22.6. The Hall–Kier alpha value is -1.16. The quantitative estimate of drug-likeness (QED) is 0.797. The van der Waals surface area contributed by atoms with E-state index < -0.39 is 0 Å². The van der Waals surface area contributed by atoms with Crippen molar-refractivity contribution >= 4 is 45.0 Å². The van der Waals surface area contributed by atoms with E-state index in [0.717, 1.165) is 60.3 Å². The monoisotopic (exact) mass is 354 g/mol. The fourth-order valence-electron chi connectivity index (χ4n) is 2.74. The molecule has 7 nitrogen and oxygen atoms in total. The predicted molar refractivity (Wildman–Crippen MR) is 92.2 cm³/mol. The van der Waals surface area contributed by atoms with Gasteiger partial charge in [0.2, 0.25) is 0 Å². The molecule has 2 fully saturated rings. The second-order valence-electron chi connectivity index (χ2n) is 5.45. The standard InChI is InChI=1S/C14H18N4O3S2/c19-10-9-22-13(15-10)11-12(17-1-5-20-6-2-17)16-14(23-11)18-3-7-21-8-4-18/h1-9H2. The van der Waals surface area contributed by atoms with E-state index in [1.165, 1.54) is 11.8 Å². The molecule has 3 aliphatic rings. The van der Waals surface area contributed by atoms with Crippen LogP contribution >= 0.6 is 23.1 Å². The first kappa shape index (κ1) is 15.4. The molecule has 0 radical (unpaired) electrons. The number of ether oxygens (including phenoxy) is 2. The highest BCUT2D eigenvalue weighted by Crippen LogP contribution is 2.37. The van der Waals surface area contributed by atoms with Gasteiger partial charge >= 0.3 is 0 Å². The number of hydrogen-bond donors (Lipinski definition) is 0. The van der Waals surface area contributed by atoms with Crippen molar-refractivity contribution in [3.63, 3.8) is 0 Å². The summed E-state index contributed by atoms with van der Waals surface area (Å²) in [7, 11) is 0. The molecule has 1 amide bonds. The summed E-state index contributed by atoms with van der Waals surface area (Å²) < 4.78 is 10.9. The highest BCUT2D eigenvalue weighted by molar-refractivity contribution is 8.15. The van der Waals surface area contributed by atoms with Gasteiger partial charge in [-0.25, -0.2) is 9.98 Å². The van der Waals surface area contributed by atoms with Gasteiger partial charge in [0.15, 0.2) is 10.9 Å². The van der Waals surface area contributed by atoms with E-state index in [0.29, 0.717) is 19.0 Å². The maximum absolute atomic E-state index is 11.5. The number of hydrogen-bond acceptors (Lipinski definition) is 8. The molecule has 0 saturated carbocycles. The van der Waals surface area contributed by atoms with E-state index in [2.05, 4.69) is 14.8 Å². The molecule has 4 heterocycles. The summed E-state index contributed by atoms with van der Waals surface area (Å²) in [6.45, 7) is 6.25. The number of aromatic nitrogens is 1. The van der Waals surface area contributed by atoms with Gasteiger partial charge in [-0.2, -0.15) is 0 Å². The number of carbonyl (C=O) groups excluding carboxylic acids is 1. The lowest BCUT2D eigenvalue weighted by Crippen LogP contribution is -2.38. The van der Waals surface area contributed by atoms with E-state index >= 15 is 0 Å². The number of thiazole rings is 1. The lowest BCUT2D eigenvalue weighted by molar-refractivity contribution is -0.115. The van der Waals surface area contributed by atoms with Crippen molar-refractivity contribution in [1.82, 2.24) is 4.98 Å². The molecule has 1 aromatic rings. The molecule has 23 heavy (non-hydrogen) atoms. The summed E-state index contributed by atoms with van der Waals surface area (Å²) in [5, 5.41) is 1.81. The van der Waals surface area contributed by atoms with Gasteiger partial charge in [-0.1, -0.05) is 23.1 Å².